The first-order valence-electron chi connectivity index (χ1n) is 9.25. The summed E-state index contributed by atoms with van der Waals surface area (Å²) in [4.78, 5) is 26.7. The second-order valence-corrected chi connectivity index (χ2v) is 8.94. The number of amides is 2. The molecule has 1 aromatic heterocycles. The van der Waals surface area contributed by atoms with Gasteiger partial charge in [-0.1, -0.05) is 42.5 Å². The Labute approximate surface area is 184 Å². The predicted molar refractivity (Wildman–Crippen MR) is 122 cm³/mol. The molecule has 0 radical (unpaired) electrons. The molecule has 3 aromatic rings. The van der Waals surface area contributed by atoms with Crippen LogP contribution in [0.2, 0.25) is 0 Å². The zero-order valence-electron chi connectivity index (χ0n) is 16.2. The Kier molecular flexibility index (Phi) is 5.30. The van der Waals surface area contributed by atoms with Crippen molar-refractivity contribution in [3.05, 3.63) is 84.6 Å². The second-order valence-electron chi connectivity index (χ2n) is 6.74. The molecule has 0 bridgehead atoms. The van der Waals surface area contributed by atoms with Gasteiger partial charge in [0.05, 0.1) is 10.4 Å². The molecule has 0 saturated carbocycles. The van der Waals surface area contributed by atoms with Gasteiger partial charge < -0.3 is 0 Å². The molecule has 156 valence electrons. The van der Waals surface area contributed by atoms with Gasteiger partial charge in [0.25, 0.3) is 21.8 Å². The van der Waals surface area contributed by atoms with Crippen LogP contribution in [0.15, 0.2) is 83.9 Å². The standard InChI is InChI=1S/C22H17N3O4S2/c1-2-12-24-21(27)18(20(26)23-22(24)30)13-15-14-25(19-11-7-6-10-17(15)19)31(28,29)16-8-4-3-5-9-16/h2-11,13-14H,1,12H2,(H,23,26,30). The molecule has 0 aliphatic carbocycles. The van der Waals surface area contributed by atoms with Crippen LogP contribution in [0.5, 0.6) is 0 Å². The van der Waals surface area contributed by atoms with Crippen molar-refractivity contribution in [1.29, 1.82) is 0 Å². The van der Waals surface area contributed by atoms with Crippen molar-refractivity contribution in [1.82, 2.24) is 14.2 Å². The molecular formula is C22H17N3O4S2. The Hall–Kier alpha value is -3.56. The minimum atomic E-state index is -3.88. The van der Waals surface area contributed by atoms with Gasteiger partial charge in [0.2, 0.25) is 0 Å². The van der Waals surface area contributed by atoms with E-state index in [4.69, 9.17) is 12.2 Å². The van der Waals surface area contributed by atoms with E-state index in [2.05, 4.69) is 11.9 Å². The highest BCUT2D eigenvalue weighted by Gasteiger charge is 2.33. The highest BCUT2D eigenvalue weighted by Crippen LogP contribution is 2.28. The van der Waals surface area contributed by atoms with Crippen LogP contribution in [-0.4, -0.2) is 40.8 Å². The molecule has 1 N–H and O–H groups in total. The fourth-order valence-electron chi connectivity index (χ4n) is 3.34. The summed E-state index contributed by atoms with van der Waals surface area (Å²) in [5.41, 5.74) is 0.704. The van der Waals surface area contributed by atoms with Crippen molar-refractivity contribution in [2.75, 3.05) is 6.54 Å². The number of para-hydroxylation sites is 1. The molecule has 2 aromatic carbocycles. The molecule has 0 spiro atoms. The fourth-order valence-corrected chi connectivity index (χ4v) is 4.99. The number of thiocarbonyl (C=S) groups is 1. The number of carbonyl (C=O) groups is 2. The van der Waals surface area contributed by atoms with E-state index in [0.717, 1.165) is 3.97 Å². The first-order valence-corrected chi connectivity index (χ1v) is 11.1. The van der Waals surface area contributed by atoms with Gasteiger partial charge in [-0.15, -0.1) is 6.58 Å². The van der Waals surface area contributed by atoms with E-state index < -0.39 is 21.8 Å². The SMILES string of the molecule is C=CCN1C(=O)C(=Cc2cn(S(=O)(=O)c3ccccc3)c3ccccc23)C(=O)NC1=S. The average Bonchev–Trinajstić information content (AvgIpc) is 3.14. The van der Waals surface area contributed by atoms with E-state index in [-0.39, 0.29) is 22.1 Å². The lowest BCUT2D eigenvalue weighted by atomic mass is 10.1. The summed E-state index contributed by atoms with van der Waals surface area (Å²) < 4.78 is 27.6. The van der Waals surface area contributed by atoms with Gasteiger partial charge in [-0.25, -0.2) is 12.4 Å². The van der Waals surface area contributed by atoms with Crippen LogP contribution in [0.1, 0.15) is 5.56 Å². The summed E-state index contributed by atoms with van der Waals surface area (Å²) in [5.74, 6) is -1.21. The molecule has 0 atom stereocenters. The average molecular weight is 452 g/mol. The van der Waals surface area contributed by atoms with Gasteiger partial charge in [0, 0.05) is 23.7 Å². The number of benzene rings is 2. The number of nitrogens with one attached hydrogen (secondary N) is 1. The summed E-state index contributed by atoms with van der Waals surface area (Å²) >= 11 is 5.06. The summed E-state index contributed by atoms with van der Waals surface area (Å²) in [6.07, 6.45) is 4.29. The van der Waals surface area contributed by atoms with Crippen molar-refractivity contribution < 1.29 is 18.0 Å². The first-order chi connectivity index (χ1) is 14.8. The summed E-state index contributed by atoms with van der Waals surface area (Å²) in [6.45, 7) is 3.73. The lowest BCUT2D eigenvalue weighted by Crippen LogP contribution is -2.53. The number of fused-ring (bicyclic) bond motifs is 1. The molecule has 1 aliphatic heterocycles. The maximum atomic E-state index is 13.2. The van der Waals surface area contributed by atoms with Crippen LogP contribution in [-0.2, 0) is 19.6 Å². The van der Waals surface area contributed by atoms with Gasteiger partial charge in [0.1, 0.15) is 5.57 Å². The van der Waals surface area contributed by atoms with Crippen molar-refractivity contribution in [2.24, 2.45) is 0 Å². The zero-order valence-corrected chi connectivity index (χ0v) is 17.8. The van der Waals surface area contributed by atoms with E-state index in [9.17, 15) is 18.0 Å². The number of nitrogens with zero attached hydrogens (tertiary/aromatic N) is 2. The fraction of sp³-hybridized carbons (Fsp3) is 0.0455. The van der Waals surface area contributed by atoms with Crippen LogP contribution >= 0.6 is 12.2 Å². The smallest absolute Gasteiger partial charge is 0.268 e. The third-order valence-corrected chi connectivity index (χ3v) is 6.82. The van der Waals surface area contributed by atoms with Crippen LogP contribution in [0.25, 0.3) is 17.0 Å². The number of hydrogen-bond acceptors (Lipinski definition) is 5. The highest BCUT2D eigenvalue weighted by atomic mass is 32.2. The normalized spacial score (nSPS) is 16.1. The van der Waals surface area contributed by atoms with Crippen LogP contribution in [0.3, 0.4) is 0 Å². The Morgan fingerprint density at radius 1 is 1.03 bits per heavy atom. The minimum Gasteiger partial charge on any atom is -0.298 e. The Morgan fingerprint density at radius 2 is 1.71 bits per heavy atom. The van der Waals surface area contributed by atoms with Crippen molar-refractivity contribution in [2.45, 2.75) is 4.90 Å². The zero-order chi connectivity index (χ0) is 22.2. The molecule has 1 aliphatic rings. The molecule has 31 heavy (non-hydrogen) atoms. The summed E-state index contributed by atoms with van der Waals surface area (Å²) in [7, 11) is -3.88. The number of aromatic nitrogens is 1. The topological polar surface area (TPSA) is 88.5 Å². The van der Waals surface area contributed by atoms with E-state index in [0.29, 0.717) is 16.5 Å². The molecular weight excluding hydrogens is 434 g/mol. The molecule has 2 amide bonds. The Morgan fingerprint density at radius 3 is 2.42 bits per heavy atom. The molecule has 9 heteroatoms. The second kappa shape index (κ2) is 7.93. The monoisotopic (exact) mass is 451 g/mol. The van der Waals surface area contributed by atoms with Crippen LogP contribution in [0.4, 0.5) is 0 Å². The van der Waals surface area contributed by atoms with E-state index >= 15 is 0 Å². The molecule has 0 unspecified atom stereocenters. The lowest BCUT2D eigenvalue weighted by molar-refractivity contribution is -0.128. The van der Waals surface area contributed by atoms with E-state index in [1.54, 1.807) is 42.5 Å². The maximum absolute atomic E-state index is 13.2. The van der Waals surface area contributed by atoms with Crippen molar-refractivity contribution >= 4 is 56.1 Å². The molecule has 1 fully saturated rings. The van der Waals surface area contributed by atoms with Crippen LogP contribution in [0, 0.1) is 0 Å². The highest BCUT2D eigenvalue weighted by molar-refractivity contribution is 7.90. The third-order valence-electron chi connectivity index (χ3n) is 4.81. The largest absolute Gasteiger partial charge is 0.298 e. The summed E-state index contributed by atoms with van der Waals surface area (Å²) in [5, 5.41) is 3.07. The maximum Gasteiger partial charge on any atom is 0.268 e. The van der Waals surface area contributed by atoms with Gasteiger partial charge in [-0.3, -0.25) is 19.8 Å². The molecule has 4 rings (SSSR count). The summed E-state index contributed by atoms with van der Waals surface area (Å²) in [6, 6.07) is 14.9. The molecule has 1 saturated heterocycles. The van der Waals surface area contributed by atoms with Crippen molar-refractivity contribution in [3.8, 4) is 0 Å². The van der Waals surface area contributed by atoms with Gasteiger partial charge in [0.15, 0.2) is 5.11 Å². The Bertz CT molecular complexity index is 1370. The van der Waals surface area contributed by atoms with Gasteiger partial charge in [-0.05, 0) is 36.5 Å². The number of carbonyl (C=O) groups excluding carboxylic acids is 2. The van der Waals surface area contributed by atoms with Gasteiger partial charge >= 0.3 is 0 Å². The Balaban J connectivity index is 1.88. The quantitative estimate of drug-likeness (QED) is 0.279. The number of rotatable bonds is 5. The van der Waals surface area contributed by atoms with E-state index in [1.165, 1.54) is 35.4 Å². The third kappa shape index (κ3) is 3.58. The number of hydrogen-bond donors (Lipinski definition) is 1. The van der Waals surface area contributed by atoms with Crippen LogP contribution < -0.4 is 5.32 Å². The molecule has 7 nitrogen and oxygen atoms in total. The van der Waals surface area contributed by atoms with Crippen molar-refractivity contribution in [3.63, 3.8) is 0 Å². The first kappa shape index (κ1) is 20.7. The van der Waals surface area contributed by atoms with E-state index in [1.807, 2.05) is 0 Å². The molecule has 2 heterocycles. The lowest BCUT2D eigenvalue weighted by Gasteiger charge is -2.27. The van der Waals surface area contributed by atoms with Gasteiger partial charge in [-0.2, -0.15) is 0 Å². The predicted octanol–water partition coefficient (Wildman–Crippen LogP) is 2.69. The minimum absolute atomic E-state index is 0.00105.